The Labute approximate surface area is 204 Å². The van der Waals surface area contributed by atoms with Gasteiger partial charge in [0.15, 0.2) is 0 Å². The summed E-state index contributed by atoms with van der Waals surface area (Å²) in [4.78, 5) is 5.14. The molecule has 5 rings (SSSR count). The fraction of sp³-hybridized carbons (Fsp3) is 0.296. The Morgan fingerprint density at radius 3 is 2.12 bits per heavy atom. The van der Waals surface area contributed by atoms with Crippen molar-refractivity contribution in [2.24, 2.45) is 4.99 Å². The Kier molecular flexibility index (Phi) is 6.48. The average molecular weight is 481 g/mol. The lowest BCUT2D eigenvalue weighted by atomic mass is 9.95. The minimum Gasteiger partial charge on any atom is -0.497 e. The molecule has 1 heterocycles. The Bertz CT molecular complexity index is 1140. The molecule has 0 radical (unpaired) electrons. The Morgan fingerprint density at radius 1 is 0.848 bits per heavy atom. The monoisotopic (exact) mass is 480 g/mol. The standard InChI is InChI=1S/C27H26Cl2N2O2/c1-32-22-14-15-23(24(16-22)33-21-4-2-3-5-21)27-30-25(17-6-10-19(28)11-7-17)26(31-27)18-8-12-20(29)13-9-18/h6-16,21,25-26H,2-5H2,1H3,(H,30,31)/t25-,26+. The third kappa shape index (κ3) is 4.83. The number of nitrogens with zero attached hydrogens (tertiary/aromatic N) is 1. The van der Waals surface area contributed by atoms with E-state index in [2.05, 4.69) is 5.32 Å². The summed E-state index contributed by atoms with van der Waals surface area (Å²) >= 11 is 12.3. The number of methoxy groups -OCH3 is 1. The van der Waals surface area contributed by atoms with Crippen LogP contribution < -0.4 is 14.8 Å². The summed E-state index contributed by atoms with van der Waals surface area (Å²) in [7, 11) is 1.67. The van der Waals surface area contributed by atoms with E-state index in [4.69, 9.17) is 37.7 Å². The fourth-order valence-corrected chi connectivity index (χ4v) is 4.85. The zero-order valence-corrected chi connectivity index (χ0v) is 19.9. The van der Waals surface area contributed by atoms with Gasteiger partial charge >= 0.3 is 0 Å². The number of aliphatic imine (C=N–C) groups is 1. The molecule has 1 aliphatic carbocycles. The van der Waals surface area contributed by atoms with Crippen LogP contribution in [0.15, 0.2) is 71.7 Å². The van der Waals surface area contributed by atoms with E-state index in [9.17, 15) is 0 Å². The van der Waals surface area contributed by atoms with Crippen LogP contribution in [0, 0.1) is 0 Å². The van der Waals surface area contributed by atoms with E-state index in [0.717, 1.165) is 46.9 Å². The molecule has 1 fully saturated rings. The van der Waals surface area contributed by atoms with Gasteiger partial charge in [-0.25, -0.2) is 0 Å². The number of halogens is 2. The fourth-order valence-electron chi connectivity index (χ4n) is 4.60. The van der Waals surface area contributed by atoms with Gasteiger partial charge in [-0.1, -0.05) is 47.5 Å². The number of nitrogens with one attached hydrogen (secondary N) is 1. The molecule has 1 aliphatic heterocycles. The highest BCUT2D eigenvalue weighted by atomic mass is 35.5. The van der Waals surface area contributed by atoms with Gasteiger partial charge < -0.3 is 14.8 Å². The topological polar surface area (TPSA) is 42.8 Å². The molecule has 1 saturated carbocycles. The molecule has 3 aromatic carbocycles. The molecule has 1 N–H and O–H groups in total. The van der Waals surface area contributed by atoms with Gasteiger partial charge in [0, 0.05) is 16.1 Å². The predicted molar refractivity (Wildman–Crippen MR) is 134 cm³/mol. The van der Waals surface area contributed by atoms with E-state index < -0.39 is 0 Å². The number of rotatable bonds is 6. The van der Waals surface area contributed by atoms with Crippen molar-refractivity contribution in [1.82, 2.24) is 5.32 Å². The van der Waals surface area contributed by atoms with E-state index in [1.165, 1.54) is 12.8 Å². The van der Waals surface area contributed by atoms with E-state index in [-0.39, 0.29) is 18.2 Å². The molecule has 0 aromatic heterocycles. The number of ether oxygens (including phenoxy) is 2. The van der Waals surface area contributed by atoms with Gasteiger partial charge in [0.2, 0.25) is 0 Å². The lowest BCUT2D eigenvalue weighted by Gasteiger charge is -2.21. The zero-order chi connectivity index (χ0) is 22.8. The summed E-state index contributed by atoms with van der Waals surface area (Å²) in [6.45, 7) is 0. The lowest BCUT2D eigenvalue weighted by molar-refractivity contribution is 0.208. The third-order valence-corrected chi connectivity index (χ3v) is 6.86. The normalized spacial score (nSPS) is 20.4. The van der Waals surface area contributed by atoms with Crippen LogP contribution in [-0.2, 0) is 0 Å². The first kappa shape index (κ1) is 22.1. The van der Waals surface area contributed by atoms with Crippen molar-refractivity contribution in [2.45, 2.75) is 43.9 Å². The first-order valence-corrected chi connectivity index (χ1v) is 12.1. The lowest BCUT2D eigenvalue weighted by Crippen LogP contribution is -2.26. The average Bonchev–Trinajstić information content (AvgIpc) is 3.50. The highest BCUT2D eigenvalue weighted by Gasteiger charge is 2.33. The van der Waals surface area contributed by atoms with Crippen LogP contribution in [0.2, 0.25) is 10.0 Å². The molecule has 6 heteroatoms. The third-order valence-electron chi connectivity index (χ3n) is 6.36. The van der Waals surface area contributed by atoms with Crippen LogP contribution in [0.1, 0.15) is 54.5 Å². The van der Waals surface area contributed by atoms with Gasteiger partial charge in [-0.3, -0.25) is 4.99 Å². The van der Waals surface area contributed by atoms with Crippen LogP contribution in [0.25, 0.3) is 0 Å². The summed E-state index contributed by atoms with van der Waals surface area (Å²) in [5.41, 5.74) is 3.15. The van der Waals surface area contributed by atoms with Crippen molar-refractivity contribution >= 4 is 29.0 Å². The second-order valence-corrected chi connectivity index (χ2v) is 9.41. The Morgan fingerprint density at radius 2 is 1.48 bits per heavy atom. The van der Waals surface area contributed by atoms with Crippen LogP contribution in [0.5, 0.6) is 11.5 Å². The van der Waals surface area contributed by atoms with Gasteiger partial charge in [0.25, 0.3) is 0 Å². The van der Waals surface area contributed by atoms with Crippen molar-refractivity contribution in [3.05, 3.63) is 93.5 Å². The van der Waals surface area contributed by atoms with Crippen molar-refractivity contribution < 1.29 is 9.47 Å². The van der Waals surface area contributed by atoms with Gasteiger partial charge in [0.1, 0.15) is 23.4 Å². The highest BCUT2D eigenvalue weighted by Crippen LogP contribution is 2.40. The summed E-state index contributed by atoms with van der Waals surface area (Å²) in [6, 6.07) is 21.6. The van der Waals surface area contributed by atoms with Gasteiger partial charge in [-0.05, 0) is 73.2 Å². The maximum atomic E-state index is 6.44. The van der Waals surface area contributed by atoms with Crippen molar-refractivity contribution in [3.8, 4) is 11.5 Å². The summed E-state index contributed by atoms with van der Waals surface area (Å²) in [6.07, 6.45) is 4.81. The largest absolute Gasteiger partial charge is 0.497 e. The summed E-state index contributed by atoms with van der Waals surface area (Å²) in [5, 5.41) is 5.08. The molecular weight excluding hydrogens is 455 g/mol. The number of benzene rings is 3. The molecule has 2 aliphatic rings. The van der Waals surface area contributed by atoms with E-state index in [1.54, 1.807) is 7.11 Å². The smallest absolute Gasteiger partial charge is 0.134 e. The van der Waals surface area contributed by atoms with E-state index in [0.29, 0.717) is 10.0 Å². The second-order valence-electron chi connectivity index (χ2n) is 8.53. The molecule has 0 amide bonds. The quantitative estimate of drug-likeness (QED) is 0.406. The van der Waals surface area contributed by atoms with Crippen molar-refractivity contribution in [2.75, 3.05) is 7.11 Å². The molecule has 33 heavy (non-hydrogen) atoms. The van der Waals surface area contributed by atoms with Crippen LogP contribution >= 0.6 is 23.2 Å². The number of hydrogen-bond acceptors (Lipinski definition) is 4. The molecule has 3 aromatic rings. The molecule has 0 bridgehead atoms. The minimum absolute atomic E-state index is 0.0418. The highest BCUT2D eigenvalue weighted by molar-refractivity contribution is 6.30. The molecule has 170 valence electrons. The predicted octanol–water partition coefficient (Wildman–Crippen LogP) is 7.16. The summed E-state index contributed by atoms with van der Waals surface area (Å²) < 4.78 is 11.9. The Hall–Kier alpha value is -2.69. The Balaban J connectivity index is 1.54. The molecule has 4 nitrogen and oxygen atoms in total. The van der Waals surface area contributed by atoms with Gasteiger partial charge in [-0.15, -0.1) is 0 Å². The molecule has 0 saturated heterocycles. The first-order chi connectivity index (χ1) is 16.1. The van der Waals surface area contributed by atoms with Gasteiger partial charge in [-0.2, -0.15) is 0 Å². The molecule has 0 spiro atoms. The minimum atomic E-state index is -0.111. The first-order valence-electron chi connectivity index (χ1n) is 11.3. The molecule has 2 atom stereocenters. The van der Waals surface area contributed by atoms with Crippen LogP contribution in [0.3, 0.4) is 0 Å². The second kappa shape index (κ2) is 9.66. The van der Waals surface area contributed by atoms with Crippen LogP contribution in [-0.4, -0.2) is 19.0 Å². The maximum Gasteiger partial charge on any atom is 0.134 e. The summed E-state index contributed by atoms with van der Waals surface area (Å²) in [5.74, 6) is 2.39. The van der Waals surface area contributed by atoms with Crippen molar-refractivity contribution in [1.29, 1.82) is 0 Å². The zero-order valence-electron chi connectivity index (χ0n) is 18.4. The maximum absolute atomic E-state index is 6.44. The number of amidine groups is 1. The van der Waals surface area contributed by atoms with Crippen molar-refractivity contribution in [3.63, 3.8) is 0 Å². The van der Waals surface area contributed by atoms with E-state index >= 15 is 0 Å². The van der Waals surface area contributed by atoms with E-state index in [1.807, 2.05) is 66.7 Å². The van der Waals surface area contributed by atoms with Gasteiger partial charge in [0.05, 0.1) is 24.8 Å². The number of hydrogen-bond donors (Lipinski definition) is 1. The SMILES string of the molecule is COc1ccc(C2=N[C@H](c3ccc(Cl)cc3)[C@H](c3ccc(Cl)cc3)N2)c(OC2CCCC2)c1. The molecule has 0 unspecified atom stereocenters. The molecular formula is C27H26Cl2N2O2. The van der Waals surface area contributed by atoms with Crippen LogP contribution in [0.4, 0.5) is 0 Å².